The van der Waals surface area contributed by atoms with Crippen LogP contribution in [0.25, 0.3) is 0 Å². The third-order valence-electron chi connectivity index (χ3n) is 5.03. The van der Waals surface area contributed by atoms with Crippen LogP contribution in [0.4, 0.5) is 0 Å². The van der Waals surface area contributed by atoms with E-state index in [9.17, 15) is 14.7 Å². The highest BCUT2D eigenvalue weighted by Crippen LogP contribution is 2.46. The van der Waals surface area contributed by atoms with E-state index in [1.165, 1.54) is 0 Å². The van der Waals surface area contributed by atoms with Crippen molar-refractivity contribution >= 4 is 11.9 Å². The largest absolute Gasteiger partial charge is 0.479 e. The Balaban J connectivity index is 1.93. The molecule has 2 aliphatic rings. The van der Waals surface area contributed by atoms with Crippen molar-refractivity contribution in [2.75, 3.05) is 0 Å². The highest BCUT2D eigenvalue weighted by Gasteiger charge is 2.55. The van der Waals surface area contributed by atoms with Crippen LogP contribution in [0.1, 0.15) is 58.8 Å². The monoisotopic (exact) mass is 305 g/mol. The molecule has 1 aliphatic heterocycles. The van der Waals surface area contributed by atoms with Crippen LogP contribution in [0.5, 0.6) is 0 Å². The van der Waals surface area contributed by atoms with Gasteiger partial charge in [0.05, 0.1) is 0 Å². The molecule has 1 aliphatic carbocycles. The number of rotatable bonds is 7. The van der Waals surface area contributed by atoms with Gasteiger partial charge in [0.15, 0.2) is 5.66 Å². The lowest BCUT2D eigenvalue weighted by atomic mass is 9.74. The molecule has 22 heavy (non-hydrogen) atoms. The lowest BCUT2D eigenvalue weighted by Gasteiger charge is -2.38. The fraction of sp³-hybridized carbons (Fsp3) is 0.750. The lowest BCUT2D eigenvalue weighted by molar-refractivity contribution is -0.152. The minimum Gasteiger partial charge on any atom is -0.479 e. The van der Waals surface area contributed by atoms with Crippen molar-refractivity contribution in [2.45, 2.75) is 70.0 Å². The van der Waals surface area contributed by atoms with Crippen molar-refractivity contribution < 1.29 is 14.7 Å². The summed E-state index contributed by atoms with van der Waals surface area (Å²) in [5, 5.41) is 20.4. The predicted molar refractivity (Wildman–Crippen MR) is 81.0 cm³/mol. The summed E-state index contributed by atoms with van der Waals surface area (Å²) in [6.07, 6.45) is 9.20. The SMILES string of the molecule is C#CCCC1(CCC(=O)NC2(C(=O)O)CCCC2(C)C)N=N1. The first-order valence-electron chi connectivity index (χ1n) is 7.69. The van der Waals surface area contributed by atoms with E-state index in [0.717, 1.165) is 12.8 Å². The zero-order valence-corrected chi connectivity index (χ0v) is 13.2. The number of nitrogens with one attached hydrogen (secondary N) is 1. The van der Waals surface area contributed by atoms with Gasteiger partial charge in [0.2, 0.25) is 5.91 Å². The van der Waals surface area contributed by atoms with Gasteiger partial charge in [-0.15, -0.1) is 12.3 Å². The van der Waals surface area contributed by atoms with Crippen LogP contribution in [0.15, 0.2) is 10.2 Å². The van der Waals surface area contributed by atoms with Crippen LogP contribution in [0.2, 0.25) is 0 Å². The molecule has 0 spiro atoms. The normalized spacial score (nSPS) is 27.1. The lowest BCUT2D eigenvalue weighted by Crippen LogP contribution is -2.60. The van der Waals surface area contributed by atoms with E-state index in [2.05, 4.69) is 21.5 Å². The smallest absolute Gasteiger partial charge is 0.329 e. The van der Waals surface area contributed by atoms with Crippen LogP contribution in [0, 0.1) is 17.8 Å². The Bertz CT molecular complexity index is 541. The molecule has 120 valence electrons. The summed E-state index contributed by atoms with van der Waals surface area (Å²) in [7, 11) is 0. The van der Waals surface area contributed by atoms with Gasteiger partial charge in [0.25, 0.3) is 0 Å². The van der Waals surface area contributed by atoms with Crippen molar-refractivity contribution in [2.24, 2.45) is 15.6 Å². The fourth-order valence-electron chi connectivity index (χ4n) is 3.31. The molecule has 2 rings (SSSR count). The predicted octanol–water partition coefficient (Wildman–Crippen LogP) is 2.49. The number of amides is 1. The first-order chi connectivity index (χ1) is 10.3. The Hall–Kier alpha value is -1.90. The van der Waals surface area contributed by atoms with Gasteiger partial charge in [-0.2, -0.15) is 10.2 Å². The molecule has 1 saturated carbocycles. The van der Waals surface area contributed by atoms with Crippen LogP contribution in [-0.4, -0.2) is 28.2 Å². The fourth-order valence-corrected chi connectivity index (χ4v) is 3.31. The van der Waals surface area contributed by atoms with E-state index in [1.54, 1.807) is 0 Å². The Morgan fingerprint density at radius 3 is 2.41 bits per heavy atom. The first kappa shape index (κ1) is 16.5. The van der Waals surface area contributed by atoms with Crippen LogP contribution in [0.3, 0.4) is 0 Å². The average Bonchev–Trinajstić information content (AvgIpc) is 3.15. The highest BCUT2D eigenvalue weighted by molar-refractivity contribution is 5.88. The topological polar surface area (TPSA) is 91.1 Å². The zero-order valence-electron chi connectivity index (χ0n) is 13.2. The average molecular weight is 305 g/mol. The molecule has 1 atom stereocenters. The van der Waals surface area contributed by atoms with Crippen molar-refractivity contribution in [3.8, 4) is 12.3 Å². The third kappa shape index (κ3) is 2.99. The second-order valence-electron chi connectivity index (χ2n) is 6.88. The van der Waals surface area contributed by atoms with E-state index in [-0.39, 0.29) is 12.3 Å². The van der Waals surface area contributed by atoms with Gasteiger partial charge in [-0.05, 0) is 24.7 Å². The summed E-state index contributed by atoms with van der Waals surface area (Å²) in [6, 6.07) is 0. The second kappa shape index (κ2) is 5.71. The van der Waals surface area contributed by atoms with Gasteiger partial charge < -0.3 is 10.4 Å². The summed E-state index contributed by atoms with van der Waals surface area (Å²) in [4.78, 5) is 24.0. The molecule has 2 N–H and O–H groups in total. The van der Waals surface area contributed by atoms with Crippen LogP contribution >= 0.6 is 0 Å². The molecule has 0 aromatic carbocycles. The number of carboxylic acids is 1. The van der Waals surface area contributed by atoms with Crippen molar-refractivity contribution in [3.05, 3.63) is 0 Å². The van der Waals surface area contributed by atoms with E-state index >= 15 is 0 Å². The van der Waals surface area contributed by atoms with E-state index in [1.807, 2.05) is 13.8 Å². The van der Waals surface area contributed by atoms with Gasteiger partial charge in [0.1, 0.15) is 5.54 Å². The molecule has 6 nitrogen and oxygen atoms in total. The second-order valence-corrected chi connectivity index (χ2v) is 6.88. The summed E-state index contributed by atoms with van der Waals surface area (Å²) in [5.74, 6) is 1.34. The summed E-state index contributed by atoms with van der Waals surface area (Å²) < 4.78 is 0. The van der Waals surface area contributed by atoms with Crippen LogP contribution in [-0.2, 0) is 9.59 Å². The maximum absolute atomic E-state index is 12.2. The highest BCUT2D eigenvalue weighted by atomic mass is 16.4. The van der Waals surface area contributed by atoms with E-state index in [0.29, 0.717) is 25.7 Å². The molecule has 0 bridgehead atoms. The minimum atomic E-state index is -1.17. The number of carbonyl (C=O) groups excluding carboxylic acids is 1. The number of nitrogens with zero attached hydrogens (tertiary/aromatic N) is 2. The van der Waals surface area contributed by atoms with E-state index < -0.39 is 22.6 Å². The van der Waals surface area contributed by atoms with Gasteiger partial charge in [0, 0.05) is 25.7 Å². The van der Waals surface area contributed by atoms with Gasteiger partial charge in [-0.3, -0.25) is 4.79 Å². The minimum absolute atomic E-state index is 0.211. The Kier molecular flexibility index (Phi) is 4.28. The zero-order chi connectivity index (χ0) is 16.4. The van der Waals surface area contributed by atoms with Gasteiger partial charge in [-0.1, -0.05) is 13.8 Å². The van der Waals surface area contributed by atoms with Crippen LogP contribution < -0.4 is 5.32 Å². The quantitative estimate of drug-likeness (QED) is 0.708. The Labute approximate surface area is 130 Å². The number of carbonyl (C=O) groups is 2. The number of hydrogen-bond donors (Lipinski definition) is 2. The molecule has 6 heteroatoms. The summed E-state index contributed by atoms with van der Waals surface area (Å²) >= 11 is 0. The van der Waals surface area contributed by atoms with Gasteiger partial charge in [-0.25, -0.2) is 4.79 Å². The maximum Gasteiger partial charge on any atom is 0.329 e. The van der Waals surface area contributed by atoms with Crippen molar-refractivity contribution in [3.63, 3.8) is 0 Å². The number of terminal acetylenes is 1. The molecule has 0 aromatic rings. The molecular formula is C16H23N3O3. The molecule has 1 heterocycles. The molecular weight excluding hydrogens is 282 g/mol. The summed E-state index contributed by atoms with van der Waals surface area (Å²) in [6.45, 7) is 3.79. The molecule has 0 aromatic heterocycles. The number of carboxylic acid groups (broad SMARTS) is 1. The standard InChI is InChI=1S/C16H23N3O3/c1-4-5-9-15(18-19-15)11-7-12(20)17-16(13(21)22)10-6-8-14(16,2)3/h1H,5-11H2,2-3H3,(H,17,20)(H,21,22). The maximum atomic E-state index is 12.2. The molecule has 0 radical (unpaired) electrons. The van der Waals surface area contributed by atoms with Gasteiger partial charge >= 0.3 is 5.97 Å². The Morgan fingerprint density at radius 2 is 1.95 bits per heavy atom. The Morgan fingerprint density at radius 1 is 1.27 bits per heavy atom. The number of hydrogen-bond acceptors (Lipinski definition) is 4. The van der Waals surface area contributed by atoms with Crippen molar-refractivity contribution in [1.82, 2.24) is 5.32 Å². The molecule has 1 amide bonds. The molecule has 0 saturated heterocycles. The first-order valence-corrected chi connectivity index (χ1v) is 7.69. The molecule has 1 unspecified atom stereocenters. The molecule has 1 fully saturated rings. The van der Waals surface area contributed by atoms with E-state index in [4.69, 9.17) is 6.42 Å². The third-order valence-corrected chi connectivity index (χ3v) is 5.03. The number of aliphatic carboxylic acids is 1. The summed E-state index contributed by atoms with van der Waals surface area (Å²) in [5.41, 5.74) is -2.14. The van der Waals surface area contributed by atoms with Crippen molar-refractivity contribution in [1.29, 1.82) is 0 Å².